The monoisotopic (exact) mass is 469 g/mol. The Morgan fingerprint density at radius 2 is 1.74 bits per heavy atom. The van der Waals surface area contributed by atoms with Crippen LogP contribution in [0.3, 0.4) is 0 Å². The first-order valence-electron chi connectivity index (χ1n) is 11.1. The molecule has 7 heteroatoms. The summed E-state index contributed by atoms with van der Waals surface area (Å²) in [4.78, 5) is 32.7. The minimum absolute atomic E-state index is 0.331. The molecule has 0 saturated carbocycles. The Bertz CT molecular complexity index is 1570. The Balaban J connectivity index is 1.89. The standard InChI is InChI=1S/C27H23N3O3S/c1-3-30(4-2)16-13-14-19-21(15-16)33-27(32)24(26-29-20-11-7-8-12-22(20)34-26)23(19)17-9-5-6-10-18(17)25(28)31/h5-15H,3-4H2,1-2H3,(H2,28,31). The van der Waals surface area contributed by atoms with Crippen LogP contribution in [0, 0.1) is 0 Å². The lowest BCUT2D eigenvalue weighted by molar-refractivity contribution is 0.100. The summed E-state index contributed by atoms with van der Waals surface area (Å²) >= 11 is 1.42. The molecule has 0 aliphatic rings. The van der Waals surface area contributed by atoms with Gasteiger partial charge in [0.2, 0.25) is 5.91 Å². The van der Waals surface area contributed by atoms with Crippen molar-refractivity contribution < 1.29 is 9.21 Å². The van der Waals surface area contributed by atoms with Crippen molar-refractivity contribution in [2.75, 3.05) is 18.0 Å². The zero-order chi connectivity index (χ0) is 23.8. The summed E-state index contributed by atoms with van der Waals surface area (Å²) in [5, 5.41) is 1.26. The van der Waals surface area contributed by atoms with E-state index in [1.54, 1.807) is 12.1 Å². The number of rotatable bonds is 6. The molecule has 5 rings (SSSR count). The molecule has 0 fully saturated rings. The van der Waals surface area contributed by atoms with Gasteiger partial charge < -0.3 is 15.1 Å². The number of carbonyl (C=O) groups is 1. The van der Waals surface area contributed by atoms with Crippen LogP contribution in [-0.4, -0.2) is 24.0 Å². The maximum absolute atomic E-state index is 13.5. The van der Waals surface area contributed by atoms with Crippen molar-refractivity contribution in [3.8, 4) is 21.7 Å². The molecular weight excluding hydrogens is 446 g/mol. The molecule has 5 aromatic rings. The van der Waals surface area contributed by atoms with Crippen molar-refractivity contribution >= 4 is 44.1 Å². The number of anilines is 1. The zero-order valence-corrected chi connectivity index (χ0v) is 19.7. The van der Waals surface area contributed by atoms with Crippen molar-refractivity contribution in [3.63, 3.8) is 0 Å². The van der Waals surface area contributed by atoms with E-state index in [4.69, 9.17) is 15.1 Å². The second-order valence-corrected chi connectivity index (χ2v) is 8.92. The minimum atomic E-state index is -0.563. The van der Waals surface area contributed by atoms with Gasteiger partial charge in [-0.2, -0.15) is 0 Å². The molecule has 0 saturated heterocycles. The van der Waals surface area contributed by atoms with E-state index in [9.17, 15) is 9.59 Å². The predicted octanol–water partition coefficient (Wildman–Crippen LogP) is 5.68. The van der Waals surface area contributed by atoms with Crippen LogP contribution in [0.1, 0.15) is 24.2 Å². The highest BCUT2D eigenvalue weighted by Crippen LogP contribution is 2.40. The second kappa shape index (κ2) is 8.76. The van der Waals surface area contributed by atoms with Gasteiger partial charge >= 0.3 is 5.63 Å². The average molecular weight is 470 g/mol. The lowest BCUT2D eigenvalue weighted by Gasteiger charge is -2.21. The lowest BCUT2D eigenvalue weighted by Crippen LogP contribution is -2.21. The summed E-state index contributed by atoms with van der Waals surface area (Å²) in [6.45, 7) is 5.81. The summed E-state index contributed by atoms with van der Waals surface area (Å²) in [7, 11) is 0. The molecule has 2 heterocycles. The van der Waals surface area contributed by atoms with Gasteiger partial charge in [-0.25, -0.2) is 9.78 Å². The Hall–Kier alpha value is -3.97. The van der Waals surface area contributed by atoms with Crippen LogP contribution in [0.5, 0.6) is 0 Å². The summed E-state index contributed by atoms with van der Waals surface area (Å²) < 4.78 is 6.81. The van der Waals surface area contributed by atoms with Crippen LogP contribution < -0.4 is 16.3 Å². The Labute approximate surface area is 200 Å². The maximum Gasteiger partial charge on any atom is 0.347 e. The summed E-state index contributed by atoms with van der Waals surface area (Å²) in [6.07, 6.45) is 0. The number of primary amides is 1. The molecule has 6 nitrogen and oxygen atoms in total. The van der Waals surface area contributed by atoms with E-state index in [1.165, 1.54) is 11.3 Å². The molecule has 0 unspecified atom stereocenters. The molecule has 1 amide bonds. The van der Waals surface area contributed by atoms with Crippen LogP contribution in [-0.2, 0) is 0 Å². The number of para-hydroxylation sites is 1. The molecule has 170 valence electrons. The fourth-order valence-electron chi connectivity index (χ4n) is 4.34. The van der Waals surface area contributed by atoms with E-state index in [1.807, 2.05) is 54.6 Å². The number of benzene rings is 3. The van der Waals surface area contributed by atoms with Crippen molar-refractivity contribution in [2.24, 2.45) is 5.73 Å². The molecule has 0 spiro atoms. The van der Waals surface area contributed by atoms with E-state index in [2.05, 4.69) is 18.7 Å². The van der Waals surface area contributed by atoms with Gasteiger partial charge in [-0.15, -0.1) is 11.3 Å². The molecule has 0 aliphatic carbocycles. The highest BCUT2D eigenvalue weighted by atomic mass is 32.1. The highest BCUT2D eigenvalue weighted by molar-refractivity contribution is 7.21. The molecule has 34 heavy (non-hydrogen) atoms. The molecule has 0 atom stereocenters. The quantitative estimate of drug-likeness (QED) is 0.323. The minimum Gasteiger partial charge on any atom is -0.422 e. The number of thiazole rings is 1. The van der Waals surface area contributed by atoms with E-state index in [-0.39, 0.29) is 0 Å². The number of carbonyl (C=O) groups excluding carboxylic acids is 1. The van der Waals surface area contributed by atoms with Gasteiger partial charge in [0.05, 0.1) is 10.2 Å². The molecule has 0 bridgehead atoms. The number of amides is 1. The normalized spacial score (nSPS) is 11.2. The fraction of sp³-hybridized carbons (Fsp3) is 0.148. The molecular formula is C27H23N3O3S. The van der Waals surface area contributed by atoms with Gasteiger partial charge in [0, 0.05) is 41.4 Å². The average Bonchev–Trinajstić information content (AvgIpc) is 3.27. The maximum atomic E-state index is 13.5. The third-order valence-electron chi connectivity index (χ3n) is 5.99. The van der Waals surface area contributed by atoms with E-state index >= 15 is 0 Å². The molecule has 0 aliphatic heterocycles. The number of hydrogen-bond donors (Lipinski definition) is 1. The van der Waals surface area contributed by atoms with Gasteiger partial charge in [-0.3, -0.25) is 4.79 Å². The number of nitrogens with zero attached hydrogens (tertiary/aromatic N) is 2. The smallest absolute Gasteiger partial charge is 0.347 e. The van der Waals surface area contributed by atoms with Crippen LogP contribution in [0.15, 0.2) is 75.9 Å². The third kappa shape index (κ3) is 3.64. The summed E-state index contributed by atoms with van der Waals surface area (Å²) in [5.74, 6) is -0.563. The van der Waals surface area contributed by atoms with Crippen molar-refractivity contribution in [2.45, 2.75) is 13.8 Å². The van der Waals surface area contributed by atoms with Crippen LogP contribution in [0.25, 0.3) is 42.9 Å². The zero-order valence-electron chi connectivity index (χ0n) is 18.9. The predicted molar refractivity (Wildman–Crippen MR) is 139 cm³/mol. The van der Waals surface area contributed by atoms with E-state index < -0.39 is 11.5 Å². The Kier molecular flexibility index (Phi) is 5.63. The number of nitrogens with two attached hydrogens (primary N) is 1. The number of hydrogen-bond acceptors (Lipinski definition) is 6. The molecule has 3 aromatic carbocycles. The van der Waals surface area contributed by atoms with Crippen LogP contribution >= 0.6 is 11.3 Å². The molecule has 2 N–H and O–H groups in total. The largest absolute Gasteiger partial charge is 0.422 e. The van der Waals surface area contributed by atoms with Gasteiger partial charge in [-0.1, -0.05) is 30.3 Å². The first-order valence-corrected chi connectivity index (χ1v) is 11.9. The topological polar surface area (TPSA) is 89.4 Å². The number of fused-ring (bicyclic) bond motifs is 2. The van der Waals surface area contributed by atoms with Gasteiger partial charge in [0.1, 0.15) is 16.2 Å². The van der Waals surface area contributed by atoms with Crippen molar-refractivity contribution in [1.82, 2.24) is 4.98 Å². The summed E-state index contributed by atoms with van der Waals surface area (Å²) in [5.41, 5.74) is 9.29. The lowest BCUT2D eigenvalue weighted by atomic mass is 9.93. The SMILES string of the molecule is CCN(CC)c1ccc2c(-c3ccccc3C(N)=O)c(-c3nc4ccccc4s3)c(=O)oc2c1. The van der Waals surface area contributed by atoms with Crippen LogP contribution in [0.4, 0.5) is 5.69 Å². The van der Waals surface area contributed by atoms with Gasteiger partial charge in [0.15, 0.2) is 0 Å². The first kappa shape index (κ1) is 21.9. The van der Waals surface area contributed by atoms with E-state index in [0.29, 0.717) is 32.8 Å². The van der Waals surface area contributed by atoms with Crippen LogP contribution in [0.2, 0.25) is 0 Å². The fourth-order valence-corrected chi connectivity index (χ4v) is 5.35. The van der Waals surface area contributed by atoms with E-state index in [0.717, 1.165) is 34.4 Å². The van der Waals surface area contributed by atoms with Crippen molar-refractivity contribution in [3.05, 3.63) is 82.7 Å². The molecule has 0 radical (unpaired) electrons. The summed E-state index contributed by atoms with van der Waals surface area (Å²) in [6, 6.07) is 20.6. The first-order chi connectivity index (χ1) is 16.5. The Morgan fingerprint density at radius 1 is 1.00 bits per heavy atom. The second-order valence-electron chi connectivity index (χ2n) is 7.89. The van der Waals surface area contributed by atoms with Gasteiger partial charge in [-0.05, 0) is 49.7 Å². The van der Waals surface area contributed by atoms with Crippen molar-refractivity contribution in [1.29, 1.82) is 0 Å². The number of aromatic nitrogens is 1. The molecule has 2 aromatic heterocycles. The highest BCUT2D eigenvalue weighted by Gasteiger charge is 2.24. The van der Waals surface area contributed by atoms with Gasteiger partial charge in [0.25, 0.3) is 0 Å². The third-order valence-corrected chi connectivity index (χ3v) is 7.04. The Morgan fingerprint density at radius 3 is 2.47 bits per heavy atom.